The molecule has 1 heterocycles. The molecule has 1 aromatic carbocycles. The Balaban J connectivity index is 1.88. The Morgan fingerprint density at radius 1 is 1.18 bits per heavy atom. The van der Waals surface area contributed by atoms with Crippen LogP contribution in [0.3, 0.4) is 0 Å². The number of benzene rings is 1. The zero-order chi connectivity index (χ0) is 20.6. The number of hydrogen-bond acceptors (Lipinski definition) is 4. The zero-order valence-corrected chi connectivity index (χ0v) is 14.4. The van der Waals surface area contributed by atoms with Gasteiger partial charge >= 0.3 is 6.36 Å². The third-order valence-corrected chi connectivity index (χ3v) is 3.24. The van der Waals surface area contributed by atoms with Crippen molar-refractivity contribution in [1.29, 1.82) is 0 Å². The quantitative estimate of drug-likeness (QED) is 0.401. The lowest BCUT2D eigenvalue weighted by atomic mass is 10.2. The van der Waals surface area contributed by atoms with Gasteiger partial charge in [-0.15, -0.1) is 13.2 Å². The van der Waals surface area contributed by atoms with Crippen molar-refractivity contribution in [3.05, 3.63) is 53.7 Å². The van der Waals surface area contributed by atoms with Crippen LogP contribution < -0.4 is 20.5 Å². The van der Waals surface area contributed by atoms with Crippen LogP contribution in [0.5, 0.6) is 11.6 Å². The molecular weight excluding hydrogens is 387 g/mol. The number of aromatic nitrogens is 1. The van der Waals surface area contributed by atoms with Gasteiger partial charge in [-0.1, -0.05) is 18.2 Å². The van der Waals surface area contributed by atoms with Crippen molar-refractivity contribution in [1.82, 2.24) is 10.3 Å². The largest absolute Gasteiger partial charge is 0.573 e. The van der Waals surface area contributed by atoms with Crippen LogP contribution in [0.2, 0.25) is 0 Å². The molecule has 3 N–H and O–H groups in total. The number of rotatable bonds is 8. The molecule has 0 saturated heterocycles. The van der Waals surface area contributed by atoms with Gasteiger partial charge in [-0.2, -0.15) is 0 Å². The lowest BCUT2D eigenvalue weighted by Crippen LogP contribution is -2.31. The van der Waals surface area contributed by atoms with Gasteiger partial charge in [-0.3, -0.25) is 0 Å². The van der Waals surface area contributed by atoms with E-state index in [0.717, 1.165) is 0 Å². The van der Waals surface area contributed by atoms with E-state index in [4.69, 9.17) is 10.5 Å². The van der Waals surface area contributed by atoms with E-state index in [1.54, 1.807) is 12.1 Å². The maximum absolute atomic E-state index is 12.3. The van der Waals surface area contributed by atoms with Gasteiger partial charge < -0.3 is 20.5 Å². The van der Waals surface area contributed by atoms with Crippen LogP contribution in [0.25, 0.3) is 0 Å². The van der Waals surface area contributed by atoms with E-state index in [1.807, 2.05) is 0 Å². The summed E-state index contributed by atoms with van der Waals surface area (Å²) in [4.78, 5) is 7.94. The Kier molecular flexibility index (Phi) is 7.36. The average molecular weight is 404 g/mol. The number of aliphatic imine (C=N–C) groups is 1. The fraction of sp³-hybridized carbons (Fsp3) is 0.294. The standard InChI is InChI=1S/C17H17F5N4O2/c18-14(19)10-27-15-12(2-1-7-24-15)9-26-16(23)25-8-11-3-5-13(6-4-11)28-17(20,21)22/h1-7,14H,8-10H2,(H3,23,25,26). The molecule has 0 unspecified atom stereocenters. The van der Waals surface area contributed by atoms with Gasteiger partial charge in [0.05, 0.1) is 6.54 Å². The van der Waals surface area contributed by atoms with E-state index >= 15 is 0 Å². The average Bonchev–Trinajstić information content (AvgIpc) is 2.63. The number of nitrogens with one attached hydrogen (secondary N) is 1. The third kappa shape index (κ3) is 7.64. The van der Waals surface area contributed by atoms with Crippen molar-refractivity contribution in [3.63, 3.8) is 0 Å². The van der Waals surface area contributed by atoms with E-state index in [0.29, 0.717) is 11.1 Å². The molecule has 0 radical (unpaired) electrons. The second kappa shape index (κ2) is 9.72. The van der Waals surface area contributed by atoms with E-state index in [9.17, 15) is 22.0 Å². The van der Waals surface area contributed by atoms with Gasteiger partial charge in [0, 0.05) is 18.3 Å². The molecule has 0 bridgehead atoms. The minimum atomic E-state index is -4.75. The fourth-order valence-electron chi connectivity index (χ4n) is 2.05. The normalized spacial score (nSPS) is 12.1. The van der Waals surface area contributed by atoms with Gasteiger partial charge in [0.1, 0.15) is 5.75 Å². The first kappa shape index (κ1) is 21.2. The number of pyridine rings is 1. The minimum absolute atomic E-state index is 0.0549. The summed E-state index contributed by atoms with van der Waals surface area (Å²) in [6.07, 6.45) is -5.96. The van der Waals surface area contributed by atoms with Crippen molar-refractivity contribution in [3.8, 4) is 11.6 Å². The molecular formula is C17H17F5N4O2. The summed E-state index contributed by atoms with van der Waals surface area (Å²) in [7, 11) is 0. The Bertz CT molecular complexity index is 782. The summed E-state index contributed by atoms with van der Waals surface area (Å²) in [5.74, 6) is -0.220. The number of hydrogen-bond donors (Lipinski definition) is 2. The number of guanidine groups is 1. The first-order chi connectivity index (χ1) is 13.2. The van der Waals surface area contributed by atoms with Crippen LogP contribution in [-0.4, -0.2) is 30.3 Å². The topological polar surface area (TPSA) is 81.8 Å². The Labute approximate surface area is 157 Å². The third-order valence-electron chi connectivity index (χ3n) is 3.24. The first-order valence-electron chi connectivity index (χ1n) is 7.96. The SMILES string of the molecule is NC(=NCc1ccc(OC(F)(F)F)cc1)NCc1cccnc1OCC(F)F. The van der Waals surface area contributed by atoms with Gasteiger partial charge in [-0.05, 0) is 23.8 Å². The molecule has 2 aromatic rings. The van der Waals surface area contributed by atoms with E-state index < -0.39 is 19.4 Å². The van der Waals surface area contributed by atoms with Gasteiger partial charge in [0.15, 0.2) is 12.6 Å². The molecule has 28 heavy (non-hydrogen) atoms. The molecule has 0 amide bonds. The number of halogens is 5. The van der Waals surface area contributed by atoms with E-state index in [1.165, 1.54) is 30.5 Å². The van der Waals surface area contributed by atoms with Crippen molar-refractivity contribution < 1.29 is 31.4 Å². The van der Waals surface area contributed by atoms with Gasteiger partial charge in [0.2, 0.25) is 5.88 Å². The second-order valence-electron chi connectivity index (χ2n) is 5.42. The number of nitrogens with zero attached hydrogens (tertiary/aromatic N) is 2. The molecule has 0 atom stereocenters. The van der Waals surface area contributed by atoms with E-state index in [-0.39, 0.29) is 30.7 Å². The molecule has 0 aliphatic heterocycles. The lowest BCUT2D eigenvalue weighted by Gasteiger charge is -2.11. The van der Waals surface area contributed by atoms with E-state index in [2.05, 4.69) is 20.0 Å². The minimum Gasteiger partial charge on any atom is -0.471 e. The molecule has 0 aliphatic rings. The summed E-state index contributed by atoms with van der Waals surface area (Å²) >= 11 is 0. The molecule has 152 valence electrons. The van der Waals surface area contributed by atoms with Gasteiger partial charge in [0.25, 0.3) is 6.43 Å². The number of alkyl halides is 5. The van der Waals surface area contributed by atoms with Crippen molar-refractivity contribution >= 4 is 5.96 Å². The summed E-state index contributed by atoms with van der Waals surface area (Å²) in [6, 6.07) is 8.44. The van der Waals surface area contributed by atoms with Crippen molar-refractivity contribution in [2.75, 3.05) is 6.61 Å². The molecule has 0 aliphatic carbocycles. The van der Waals surface area contributed by atoms with Crippen LogP contribution >= 0.6 is 0 Å². The van der Waals surface area contributed by atoms with Crippen LogP contribution in [0, 0.1) is 0 Å². The highest BCUT2D eigenvalue weighted by molar-refractivity contribution is 5.77. The molecule has 6 nitrogen and oxygen atoms in total. The zero-order valence-electron chi connectivity index (χ0n) is 14.4. The lowest BCUT2D eigenvalue weighted by molar-refractivity contribution is -0.274. The van der Waals surface area contributed by atoms with Crippen LogP contribution in [-0.2, 0) is 13.1 Å². The molecule has 0 spiro atoms. The smallest absolute Gasteiger partial charge is 0.471 e. The predicted molar refractivity (Wildman–Crippen MR) is 91.0 cm³/mol. The molecule has 2 rings (SSSR count). The predicted octanol–water partition coefficient (Wildman–Crippen LogP) is 3.23. The maximum Gasteiger partial charge on any atom is 0.573 e. The number of nitrogens with two attached hydrogens (primary N) is 1. The van der Waals surface area contributed by atoms with Crippen LogP contribution in [0.15, 0.2) is 47.6 Å². The molecule has 1 aromatic heterocycles. The highest BCUT2D eigenvalue weighted by atomic mass is 19.4. The highest BCUT2D eigenvalue weighted by Crippen LogP contribution is 2.22. The van der Waals surface area contributed by atoms with Gasteiger partial charge in [-0.25, -0.2) is 18.8 Å². The van der Waals surface area contributed by atoms with Crippen molar-refractivity contribution in [2.45, 2.75) is 25.9 Å². The molecule has 0 saturated carbocycles. The molecule has 11 heteroatoms. The monoisotopic (exact) mass is 404 g/mol. The maximum atomic E-state index is 12.3. The van der Waals surface area contributed by atoms with Crippen molar-refractivity contribution in [2.24, 2.45) is 10.7 Å². The Hall–Kier alpha value is -3.11. The first-order valence-corrected chi connectivity index (χ1v) is 7.96. The summed E-state index contributed by atoms with van der Waals surface area (Å²) in [6.45, 7) is -0.519. The second-order valence-corrected chi connectivity index (χ2v) is 5.42. The summed E-state index contributed by atoms with van der Waals surface area (Å²) in [5, 5.41) is 2.79. The summed E-state index contributed by atoms with van der Waals surface area (Å²) < 4.78 is 69.6. The Morgan fingerprint density at radius 2 is 1.89 bits per heavy atom. The van der Waals surface area contributed by atoms with Crippen LogP contribution in [0.4, 0.5) is 22.0 Å². The Morgan fingerprint density at radius 3 is 2.54 bits per heavy atom. The molecule has 0 fully saturated rings. The highest BCUT2D eigenvalue weighted by Gasteiger charge is 2.30. The van der Waals surface area contributed by atoms with Crippen LogP contribution in [0.1, 0.15) is 11.1 Å². The summed E-state index contributed by atoms with van der Waals surface area (Å²) in [5.41, 5.74) is 6.86. The fourth-order valence-corrected chi connectivity index (χ4v) is 2.05. The number of ether oxygens (including phenoxy) is 2.